The topological polar surface area (TPSA) is 74.2 Å². The van der Waals surface area contributed by atoms with Crippen LogP contribution in [0.15, 0.2) is 72.1 Å². The van der Waals surface area contributed by atoms with Crippen molar-refractivity contribution in [1.82, 2.24) is 5.32 Å². The summed E-state index contributed by atoms with van der Waals surface area (Å²) in [5.74, 6) is -0.374. The van der Waals surface area contributed by atoms with E-state index >= 15 is 0 Å². The van der Waals surface area contributed by atoms with Gasteiger partial charge in [-0.05, 0) is 17.7 Å². The Hall–Kier alpha value is -3.26. The van der Waals surface area contributed by atoms with Crippen molar-refractivity contribution in [3.05, 3.63) is 77.6 Å². The zero-order valence-electron chi connectivity index (χ0n) is 12.7. The van der Waals surface area contributed by atoms with Crippen LogP contribution in [0.3, 0.4) is 0 Å². The van der Waals surface area contributed by atoms with E-state index in [4.69, 9.17) is 0 Å². The average Bonchev–Trinajstić information content (AvgIpc) is 2.61. The number of ether oxygens (including phenoxy) is 1. The van der Waals surface area contributed by atoms with Crippen LogP contribution in [0, 0.1) is 11.3 Å². The summed E-state index contributed by atoms with van der Waals surface area (Å²) in [6.07, 6.45) is 0. The van der Waals surface area contributed by atoms with Crippen LogP contribution in [-0.2, 0) is 16.1 Å². The molecule has 5 nitrogen and oxygen atoms in total. The Morgan fingerprint density at radius 3 is 2.26 bits per heavy atom. The molecule has 0 fully saturated rings. The fraction of sp³-hybridized carbons (Fsp3) is 0.111. The van der Waals surface area contributed by atoms with Crippen LogP contribution >= 0.6 is 0 Å². The maximum atomic E-state index is 11.8. The predicted molar refractivity (Wildman–Crippen MR) is 88.0 cm³/mol. The third-order valence-electron chi connectivity index (χ3n) is 3.11. The number of hydrogen-bond acceptors (Lipinski definition) is 5. The number of carbonyl (C=O) groups excluding carboxylic acids is 1. The number of carbonyl (C=O) groups is 1. The van der Waals surface area contributed by atoms with Gasteiger partial charge in [-0.3, -0.25) is 0 Å². The van der Waals surface area contributed by atoms with Gasteiger partial charge in [-0.1, -0.05) is 48.5 Å². The second-order valence-corrected chi connectivity index (χ2v) is 4.68. The van der Waals surface area contributed by atoms with Crippen molar-refractivity contribution < 1.29 is 9.53 Å². The van der Waals surface area contributed by atoms with Gasteiger partial charge in [-0.25, -0.2) is 4.79 Å². The Morgan fingerprint density at radius 2 is 1.70 bits per heavy atom. The molecule has 0 aliphatic carbocycles. The smallest absolute Gasteiger partial charge is 0.352 e. The summed E-state index contributed by atoms with van der Waals surface area (Å²) in [7, 11) is 1.25. The number of nitrogens with one attached hydrogen (secondary N) is 2. The summed E-state index contributed by atoms with van der Waals surface area (Å²) in [4.78, 5) is 11.8. The number of nitriles is 1. The lowest BCUT2D eigenvalue weighted by atomic mass is 10.2. The third kappa shape index (κ3) is 4.61. The summed E-state index contributed by atoms with van der Waals surface area (Å²) >= 11 is 0. The second kappa shape index (κ2) is 8.25. The molecule has 0 heterocycles. The van der Waals surface area contributed by atoms with Crippen molar-refractivity contribution >= 4 is 11.7 Å². The molecule has 0 bridgehead atoms. The lowest BCUT2D eigenvalue weighted by Crippen LogP contribution is -2.24. The Morgan fingerprint density at radius 1 is 1.09 bits per heavy atom. The van der Waals surface area contributed by atoms with Crippen LogP contribution in [-0.4, -0.2) is 13.1 Å². The van der Waals surface area contributed by atoms with E-state index in [0.717, 1.165) is 11.3 Å². The SMILES string of the molecule is COC(=O)C(C#N)=C(NCc1ccccc1)Nc1ccccc1. The summed E-state index contributed by atoms with van der Waals surface area (Å²) < 4.78 is 4.67. The van der Waals surface area contributed by atoms with Crippen molar-refractivity contribution in [2.24, 2.45) is 0 Å². The molecule has 23 heavy (non-hydrogen) atoms. The highest BCUT2D eigenvalue weighted by Gasteiger charge is 2.16. The highest BCUT2D eigenvalue weighted by molar-refractivity contribution is 5.94. The van der Waals surface area contributed by atoms with Gasteiger partial charge in [-0.2, -0.15) is 5.26 Å². The number of benzene rings is 2. The minimum atomic E-state index is -0.688. The fourth-order valence-corrected chi connectivity index (χ4v) is 1.95. The van der Waals surface area contributed by atoms with Crippen LogP contribution in [0.1, 0.15) is 5.56 Å². The van der Waals surface area contributed by atoms with E-state index in [9.17, 15) is 10.1 Å². The first-order chi connectivity index (χ1) is 11.2. The standard InChI is InChI=1S/C18H17N3O2/c1-23-18(22)16(12-19)17(21-15-10-6-3-7-11-15)20-13-14-8-4-2-5-9-14/h2-11,20-21H,13H2,1H3. The molecule has 2 aromatic carbocycles. The summed E-state index contributed by atoms with van der Waals surface area (Å²) in [5.41, 5.74) is 1.69. The van der Waals surface area contributed by atoms with Crippen LogP contribution in [0.25, 0.3) is 0 Å². The molecule has 116 valence electrons. The minimum absolute atomic E-state index is 0.104. The number of nitrogens with zero attached hydrogens (tertiary/aromatic N) is 1. The summed E-state index contributed by atoms with van der Waals surface area (Å²) in [6, 6.07) is 20.9. The molecule has 2 aromatic rings. The first-order valence-electron chi connectivity index (χ1n) is 7.07. The molecule has 2 N–H and O–H groups in total. The zero-order chi connectivity index (χ0) is 16.5. The lowest BCUT2D eigenvalue weighted by Gasteiger charge is -2.15. The van der Waals surface area contributed by atoms with Gasteiger partial charge in [0, 0.05) is 12.2 Å². The number of anilines is 1. The molecule has 0 unspecified atom stereocenters. The zero-order valence-corrected chi connectivity index (χ0v) is 12.7. The Kier molecular flexibility index (Phi) is 5.78. The molecule has 0 aliphatic rings. The van der Waals surface area contributed by atoms with Gasteiger partial charge in [0.25, 0.3) is 0 Å². The van der Waals surface area contributed by atoms with E-state index in [0.29, 0.717) is 12.4 Å². The summed E-state index contributed by atoms with van der Waals surface area (Å²) in [5, 5.41) is 15.4. The molecule has 0 saturated carbocycles. The molecule has 0 saturated heterocycles. The maximum Gasteiger partial charge on any atom is 0.352 e. The quantitative estimate of drug-likeness (QED) is 0.488. The minimum Gasteiger partial charge on any atom is -0.465 e. The van der Waals surface area contributed by atoms with E-state index < -0.39 is 5.97 Å². The van der Waals surface area contributed by atoms with Gasteiger partial charge in [0.05, 0.1) is 7.11 Å². The predicted octanol–water partition coefficient (Wildman–Crippen LogP) is 2.80. The molecule has 5 heteroatoms. The van der Waals surface area contributed by atoms with Gasteiger partial charge in [0.1, 0.15) is 11.9 Å². The largest absolute Gasteiger partial charge is 0.465 e. The first kappa shape index (κ1) is 16.1. The van der Waals surface area contributed by atoms with E-state index in [-0.39, 0.29) is 5.57 Å². The molecule has 0 radical (unpaired) electrons. The van der Waals surface area contributed by atoms with Crippen LogP contribution in [0.2, 0.25) is 0 Å². The van der Waals surface area contributed by atoms with Crippen molar-refractivity contribution in [2.75, 3.05) is 12.4 Å². The Labute approximate surface area is 135 Å². The number of methoxy groups -OCH3 is 1. The number of rotatable bonds is 6. The van der Waals surface area contributed by atoms with E-state index in [1.807, 2.05) is 66.7 Å². The molecule has 2 rings (SSSR count). The normalized spacial score (nSPS) is 11.0. The average molecular weight is 307 g/mol. The molecule has 0 amide bonds. The molecule has 0 aromatic heterocycles. The van der Waals surface area contributed by atoms with Gasteiger partial charge in [0.2, 0.25) is 0 Å². The highest BCUT2D eigenvalue weighted by Crippen LogP contribution is 2.12. The van der Waals surface area contributed by atoms with Gasteiger partial charge >= 0.3 is 5.97 Å². The van der Waals surface area contributed by atoms with Crippen LogP contribution in [0.4, 0.5) is 5.69 Å². The number of hydrogen-bond donors (Lipinski definition) is 2. The van der Waals surface area contributed by atoms with E-state index in [2.05, 4.69) is 15.4 Å². The third-order valence-corrected chi connectivity index (χ3v) is 3.11. The van der Waals surface area contributed by atoms with Crippen molar-refractivity contribution in [1.29, 1.82) is 5.26 Å². The van der Waals surface area contributed by atoms with Gasteiger partial charge in [-0.15, -0.1) is 0 Å². The first-order valence-corrected chi connectivity index (χ1v) is 7.07. The van der Waals surface area contributed by atoms with E-state index in [1.54, 1.807) is 0 Å². The molecular formula is C18H17N3O2. The molecule has 0 atom stereocenters. The molecule has 0 aliphatic heterocycles. The maximum absolute atomic E-state index is 11.8. The second-order valence-electron chi connectivity index (χ2n) is 4.68. The van der Waals surface area contributed by atoms with Crippen molar-refractivity contribution in [3.8, 4) is 6.07 Å². The highest BCUT2D eigenvalue weighted by atomic mass is 16.5. The lowest BCUT2D eigenvalue weighted by molar-refractivity contribution is -0.135. The van der Waals surface area contributed by atoms with Crippen molar-refractivity contribution in [2.45, 2.75) is 6.54 Å². The van der Waals surface area contributed by atoms with Crippen LogP contribution < -0.4 is 10.6 Å². The van der Waals surface area contributed by atoms with Gasteiger partial charge < -0.3 is 15.4 Å². The Bertz CT molecular complexity index is 719. The number of esters is 1. The Balaban J connectivity index is 2.25. The van der Waals surface area contributed by atoms with Gasteiger partial charge in [0.15, 0.2) is 5.57 Å². The monoisotopic (exact) mass is 307 g/mol. The van der Waals surface area contributed by atoms with E-state index in [1.165, 1.54) is 7.11 Å². The molecular weight excluding hydrogens is 290 g/mol. The summed E-state index contributed by atoms with van der Waals surface area (Å²) in [6.45, 7) is 0.470. The molecule has 0 spiro atoms. The number of para-hydroxylation sites is 1. The fourth-order valence-electron chi connectivity index (χ4n) is 1.95. The van der Waals surface area contributed by atoms with Crippen molar-refractivity contribution in [3.63, 3.8) is 0 Å². The van der Waals surface area contributed by atoms with Crippen LogP contribution in [0.5, 0.6) is 0 Å².